The molecule has 0 aromatic heterocycles. The highest BCUT2D eigenvalue weighted by Crippen LogP contribution is 2.30. The van der Waals surface area contributed by atoms with E-state index in [-0.39, 0.29) is 16.6 Å². The van der Waals surface area contributed by atoms with Gasteiger partial charge in [0.15, 0.2) is 0 Å². The average molecular weight is 460 g/mol. The van der Waals surface area contributed by atoms with E-state index in [1.165, 1.54) is 22.5 Å². The molecule has 4 rings (SSSR count). The summed E-state index contributed by atoms with van der Waals surface area (Å²) in [7, 11) is -3.70. The zero-order chi connectivity index (χ0) is 22.7. The van der Waals surface area contributed by atoms with Crippen LogP contribution >= 0.6 is 0 Å². The minimum absolute atomic E-state index is 0.100. The monoisotopic (exact) mass is 459 g/mol. The summed E-state index contributed by atoms with van der Waals surface area (Å²) in [5.74, 6) is 0.186. The maximum atomic E-state index is 13.3. The van der Waals surface area contributed by atoms with Crippen molar-refractivity contribution in [3.05, 3.63) is 59.9 Å². The van der Waals surface area contributed by atoms with Crippen LogP contribution in [-0.2, 0) is 10.0 Å². The Labute approximate surface area is 189 Å². The van der Waals surface area contributed by atoms with Crippen LogP contribution in [0.3, 0.4) is 0 Å². The third-order valence-electron chi connectivity index (χ3n) is 6.11. The molecule has 1 amide bonds. The first-order valence-corrected chi connectivity index (χ1v) is 12.7. The molecule has 0 radical (unpaired) electrons. The van der Waals surface area contributed by atoms with Crippen LogP contribution in [0.4, 0.5) is 10.1 Å². The zero-order valence-electron chi connectivity index (χ0n) is 18.4. The molecule has 6 nitrogen and oxygen atoms in total. The first kappa shape index (κ1) is 22.7. The molecule has 1 aliphatic carbocycles. The van der Waals surface area contributed by atoms with E-state index in [0.717, 1.165) is 31.5 Å². The Morgan fingerprint density at radius 3 is 2.38 bits per heavy atom. The van der Waals surface area contributed by atoms with Crippen molar-refractivity contribution in [2.24, 2.45) is 5.92 Å². The van der Waals surface area contributed by atoms with Crippen LogP contribution < -0.4 is 4.90 Å². The summed E-state index contributed by atoms with van der Waals surface area (Å²) in [4.78, 5) is 17.1. The molecular weight excluding hydrogens is 429 g/mol. The normalized spacial score (nSPS) is 17.4. The Bertz CT molecular complexity index is 1050. The Hall–Kier alpha value is -2.45. The topological polar surface area (TPSA) is 60.9 Å². The molecule has 172 valence electrons. The molecule has 0 N–H and O–H groups in total. The lowest BCUT2D eigenvalue weighted by Crippen LogP contribution is -2.48. The largest absolute Gasteiger partial charge is 0.369 e. The fourth-order valence-electron chi connectivity index (χ4n) is 4.12. The number of hydrogen-bond acceptors (Lipinski definition) is 4. The van der Waals surface area contributed by atoms with E-state index in [0.29, 0.717) is 44.2 Å². The van der Waals surface area contributed by atoms with Crippen molar-refractivity contribution in [2.75, 3.05) is 44.2 Å². The minimum atomic E-state index is -3.70. The van der Waals surface area contributed by atoms with Gasteiger partial charge < -0.3 is 9.80 Å². The molecule has 1 saturated carbocycles. The van der Waals surface area contributed by atoms with E-state index in [9.17, 15) is 17.6 Å². The van der Waals surface area contributed by atoms with E-state index in [4.69, 9.17) is 0 Å². The second kappa shape index (κ2) is 9.58. The van der Waals surface area contributed by atoms with Gasteiger partial charge in [0.1, 0.15) is 5.82 Å². The van der Waals surface area contributed by atoms with Crippen molar-refractivity contribution in [1.82, 2.24) is 9.21 Å². The van der Waals surface area contributed by atoms with Crippen molar-refractivity contribution in [3.8, 4) is 0 Å². The number of nitrogens with zero attached hydrogens (tertiary/aromatic N) is 3. The van der Waals surface area contributed by atoms with Gasteiger partial charge in [0.25, 0.3) is 5.91 Å². The lowest BCUT2D eigenvalue weighted by atomic mass is 10.2. The van der Waals surface area contributed by atoms with Crippen molar-refractivity contribution >= 4 is 21.6 Å². The second-order valence-electron chi connectivity index (χ2n) is 8.59. The van der Waals surface area contributed by atoms with Gasteiger partial charge in [-0.2, -0.15) is 4.31 Å². The van der Waals surface area contributed by atoms with Crippen molar-refractivity contribution < 1.29 is 17.6 Å². The number of sulfonamides is 1. The molecule has 0 atom stereocenters. The van der Waals surface area contributed by atoms with Crippen LogP contribution in [0.1, 0.15) is 36.5 Å². The van der Waals surface area contributed by atoms with Crippen LogP contribution in [0.2, 0.25) is 0 Å². The second-order valence-corrected chi connectivity index (χ2v) is 10.5. The van der Waals surface area contributed by atoms with E-state index in [2.05, 4.69) is 0 Å². The highest BCUT2D eigenvalue weighted by Gasteiger charge is 2.30. The Morgan fingerprint density at radius 1 is 1.06 bits per heavy atom. The predicted molar refractivity (Wildman–Crippen MR) is 123 cm³/mol. The number of anilines is 1. The number of carbonyl (C=O) groups is 1. The lowest BCUT2D eigenvalue weighted by molar-refractivity contribution is 0.0747. The molecule has 0 bridgehead atoms. The molecule has 32 heavy (non-hydrogen) atoms. The standard InChI is InChI=1S/C24H30FN3O3S/c1-2-12-27(18-19-6-7-19)24(29)20-4-3-5-23(17-20)32(30,31)28-15-13-26(14-16-28)22-10-8-21(25)9-11-22/h3-5,8-11,17,19H,2,6-7,12-16,18H2,1H3. The van der Waals surface area contributed by atoms with Crippen molar-refractivity contribution in [1.29, 1.82) is 0 Å². The third-order valence-corrected chi connectivity index (χ3v) is 8.00. The van der Waals surface area contributed by atoms with Crippen LogP contribution in [-0.4, -0.2) is 62.8 Å². The van der Waals surface area contributed by atoms with Gasteiger partial charge in [-0.15, -0.1) is 0 Å². The molecule has 2 fully saturated rings. The van der Waals surface area contributed by atoms with Crippen LogP contribution in [0.15, 0.2) is 53.4 Å². The molecule has 2 aromatic carbocycles. The molecule has 1 aliphatic heterocycles. The molecular formula is C24H30FN3O3S. The smallest absolute Gasteiger partial charge is 0.253 e. The van der Waals surface area contributed by atoms with Gasteiger partial charge >= 0.3 is 0 Å². The molecule has 8 heteroatoms. The fraction of sp³-hybridized carbons (Fsp3) is 0.458. The Balaban J connectivity index is 1.46. The van der Waals surface area contributed by atoms with E-state index < -0.39 is 10.0 Å². The maximum Gasteiger partial charge on any atom is 0.253 e. The number of hydrogen-bond donors (Lipinski definition) is 0. The summed E-state index contributed by atoms with van der Waals surface area (Å²) in [6, 6.07) is 12.6. The van der Waals surface area contributed by atoms with Crippen molar-refractivity contribution in [2.45, 2.75) is 31.1 Å². The van der Waals surface area contributed by atoms with Gasteiger partial charge in [-0.1, -0.05) is 13.0 Å². The predicted octanol–water partition coefficient (Wildman–Crippen LogP) is 3.60. The highest BCUT2D eigenvalue weighted by atomic mass is 32.2. The van der Waals surface area contributed by atoms with Crippen LogP contribution in [0.5, 0.6) is 0 Å². The van der Waals surface area contributed by atoms with E-state index in [1.54, 1.807) is 30.3 Å². The van der Waals surface area contributed by atoms with Gasteiger partial charge in [-0.05, 0) is 67.6 Å². The summed E-state index contributed by atoms with van der Waals surface area (Å²) in [5, 5.41) is 0. The number of amides is 1. The average Bonchev–Trinajstić information content (AvgIpc) is 3.63. The van der Waals surface area contributed by atoms with Gasteiger partial charge in [0.2, 0.25) is 10.0 Å². The van der Waals surface area contributed by atoms with Crippen LogP contribution in [0, 0.1) is 11.7 Å². The third kappa shape index (κ3) is 5.13. The maximum absolute atomic E-state index is 13.3. The molecule has 0 spiro atoms. The van der Waals surface area contributed by atoms with Gasteiger partial charge in [-0.25, -0.2) is 12.8 Å². The summed E-state index contributed by atoms with van der Waals surface area (Å²) in [6.45, 7) is 5.18. The summed E-state index contributed by atoms with van der Waals surface area (Å²) >= 11 is 0. The van der Waals surface area contributed by atoms with Crippen LogP contribution in [0.25, 0.3) is 0 Å². The quantitative estimate of drug-likeness (QED) is 0.605. The molecule has 1 heterocycles. The zero-order valence-corrected chi connectivity index (χ0v) is 19.2. The van der Waals surface area contributed by atoms with Crippen molar-refractivity contribution in [3.63, 3.8) is 0 Å². The number of benzene rings is 2. The van der Waals surface area contributed by atoms with Gasteiger partial charge in [-0.3, -0.25) is 4.79 Å². The number of piperazine rings is 1. The summed E-state index contributed by atoms with van der Waals surface area (Å²) < 4.78 is 41.2. The number of halogens is 1. The Morgan fingerprint density at radius 2 is 1.75 bits per heavy atom. The first-order chi connectivity index (χ1) is 15.4. The summed E-state index contributed by atoms with van der Waals surface area (Å²) in [6.07, 6.45) is 3.19. The number of rotatable bonds is 8. The highest BCUT2D eigenvalue weighted by molar-refractivity contribution is 7.89. The van der Waals surface area contributed by atoms with Gasteiger partial charge in [0.05, 0.1) is 4.90 Å². The minimum Gasteiger partial charge on any atom is -0.369 e. The fourth-order valence-corrected chi connectivity index (χ4v) is 5.59. The lowest BCUT2D eigenvalue weighted by Gasteiger charge is -2.35. The summed E-state index contributed by atoms with van der Waals surface area (Å²) in [5.41, 5.74) is 1.30. The molecule has 2 aliphatic rings. The molecule has 0 unspecified atom stereocenters. The molecule has 2 aromatic rings. The SMILES string of the molecule is CCCN(CC1CC1)C(=O)c1cccc(S(=O)(=O)N2CCN(c3ccc(F)cc3)CC2)c1. The van der Waals surface area contributed by atoms with Gasteiger partial charge in [0, 0.05) is 50.5 Å². The first-order valence-electron chi connectivity index (χ1n) is 11.3. The number of carbonyl (C=O) groups excluding carboxylic acids is 1. The van der Waals surface area contributed by atoms with E-state index in [1.807, 2.05) is 16.7 Å². The molecule has 1 saturated heterocycles. The Kier molecular flexibility index (Phi) is 6.81. The van der Waals surface area contributed by atoms with E-state index >= 15 is 0 Å².